The van der Waals surface area contributed by atoms with Crippen LogP contribution < -0.4 is 14.8 Å². The van der Waals surface area contributed by atoms with Gasteiger partial charge < -0.3 is 19.5 Å². The first-order valence-corrected chi connectivity index (χ1v) is 10.2. The van der Waals surface area contributed by atoms with Crippen molar-refractivity contribution in [2.75, 3.05) is 38.2 Å². The van der Waals surface area contributed by atoms with E-state index in [4.69, 9.17) is 14.2 Å². The number of hydrogen-bond donors (Lipinski definition) is 1. The van der Waals surface area contributed by atoms with Gasteiger partial charge in [0.25, 0.3) is 0 Å². The second-order valence-electron chi connectivity index (χ2n) is 6.90. The van der Waals surface area contributed by atoms with Crippen molar-refractivity contribution < 1.29 is 19.0 Å². The lowest BCUT2D eigenvalue weighted by Gasteiger charge is -2.36. The van der Waals surface area contributed by atoms with Crippen molar-refractivity contribution >= 4 is 27.5 Å². The van der Waals surface area contributed by atoms with Crippen molar-refractivity contribution in [2.45, 2.75) is 19.1 Å². The predicted molar refractivity (Wildman–Crippen MR) is 110 cm³/mol. The lowest BCUT2D eigenvalue weighted by molar-refractivity contribution is -0.124. The summed E-state index contributed by atoms with van der Waals surface area (Å²) in [7, 11) is 0. The first-order chi connectivity index (χ1) is 13.6. The number of amides is 1. The van der Waals surface area contributed by atoms with Crippen LogP contribution in [0.25, 0.3) is 0 Å². The Kier molecular flexibility index (Phi) is 5.85. The Morgan fingerprint density at radius 2 is 1.93 bits per heavy atom. The van der Waals surface area contributed by atoms with E-state index in [0.29, 0.717) is 43.6 Å². The highest BCUT2D eigenvalue weighted by molar-refractivity contribution is 9.10. The molecule has 1 N–H and O–H groups in total. The maximum absolute atomic E-state index is 12.8. The molecule has 2 aliphatic heterocycles. The van der Waals surface area contributed by atoms with Crippen LogP contribution in [0.5, 0.6) is 11.5 Å². The Hall–Kier alpha value is -2.09. The van der Waals surface area contributed by atoms with E-state index in [2.05, 4.69) is 32.2 Å². The third kappa shape index (κ3) is 4.16. The molecule has 148 valence electrons. The molecule has 0 aliphatic carbocycles. The highest BCUT2D eigenvalue weighted by atomic mass is 79.9. The number of morpholine rings is 1. The van der Waals surface area contributed by atoms with Gasteiger partial charge in [-0.05, 0) is 30.7 Å². The number of halogens is 1. The average molecular weight is 447 g/mol. The van der Waals surface area contributed by atoms with Crippen LogP contribution in [0.3, 0.4) is 0 Å². The summed E-state index contributed by atoms with van der Waals surface area (Å²) in [4.78, 5) is 15.0. The summed E-state index contributed by atoms with van der Waals surface area (Å²) in [6, 6.07) is 13.2. The molecule has 7 heteroatoms. The summed E-state index contributed by atoms with van der Waals surface area (Å²) in [5, 5.41) is 2.99. The second kappa shape index (κ2) is 8.51. The van der Waals surface area contributed by atoms with Gasteiger partial charge in [-0.25, -0.2) is 0 Å². The number of nitrogens with zero attached hydrogens (tertiary/aromatic N) is 1. The molecule has 28 heavy (non-hydrogen) atoms. The molecular formula is C21H23BrN2O4. The predicted octanol–water partition coefficient (Wildman–Crippen LogP) is 3.62. The molecule has 0 bridgehead atoms. The molecule has 0 spiro atoms. The molecule has 2 aliphatic rings. The second-order valence-corrected chi connectivity index (χ2v) is 7.75. The van der Waals surface area contributed by atoms with Gasteiger partial charge in [0.05, 0.1) is 18.8 Å². The highest BCUT2D eigenvalue weighted by Gasteiger charge is 2.29. The summed E-state index contributed by atoms with van der Waals surface area (Å²) < 4.78 is 18.1. The molecule has 2 atom stereocenters. The minimum absolute atomic E-state index is 0.0514. The number of carbonyl (C=O) groups is 1. The zero-order valence-corrected chi connectivity index (χ0v) is 17.3. The largest absolute Gasteiger partial charge is 0.486 e. The van der Waals surface area contributed by atoms with Gasteiger partial charge in [0.2, 0.25) is 5.91 Å². The Balaban J connectivity index is 1.41. The number of rotatable bonds is 4. The maximum atomic E-state index is 12.8. The molecule has 0 saturated carbocycles. The Labute approximate surface area is 172 Å². The smallest absolute Gasteiger partial charge is 0.241 e. The fraction of sp³-hybridized carbons (Fsp3) is 0.381. The molecule has 2 unspecified atom stereocenters. The summed E-state index contributed by atoms with van der Waals surface area (Å²) in [6.07, 6.45) is -0.0612. The molecule has 2 aromatic rings. The van der Waals surface area contributed by atoms with E-state index in [1.54, 1.807) is 0 Å². The van der Waals surface area contributed by atoms with Gasteiger partial charge >= 0.3 is 0 Å². The van der Waals surface area contributed by atoms with Crippen LogP contribution in [0.2, 0.25) is 0 Å². The summed E-state index contributed by atoms with van der Waals surface area (Å²) in [5.74, 6) is 1.32. The third-order valence-electron chi connectivity index (χ3n) is 5.09. The zero-order chi connectivity index (χ0) is 19.5. The fourth-order valence-corrected chi connectivity index (χ4v) is 4.02. The number of ether oxygens (including phenoxy) is 3. The van der Waals surface area contributed by atoms with Crippen molar-refractivity contribution in [3.63, 3.8) is 0 Å². The number of nitrogens with one attached hydrogen (secondary N) is 1. The highest BCUT2D eigenvalue weighted by Crippen LogP contribution is 2.33. The van der Waals surface area contributed by atoms with Gasteiger partial charge in [-0.2, -0.15) is 0 Å². The Morgan fingerprint density at radius 3 is 2.75 bits per heavy atom. The van der Waals surface area contributed by atoms with E-state index < -0.39 is 0 Å². The minimum atomic E-state index is -0.276. The minimum Gasteiger partial charge on any atom is -0.486 e. The summed E-state index contributed by atoms with van der Waals surface area (Å²) in [6.45, 7) is 4.97. The monoisotopic (exact) mass is 446 g/mol. The lowest BCUT2D eigenvalue weighted by atomic mass is 10.1. The average Bonchev–Trinajstić information content (AvgIpc) is 2.73. The lowest BCUT2D eigenvalue weighted by Crippen LogP contribution is -2.48. The number of hydrogen-bond acceptors (Lipinski definition) is 5. The molecule has 2 aromatic carbocycles. The van der Waals surface area contributed by atoms with E-state index in [1.165, 1.54) is 0 Å². The topological polar surface area (TPSA) is 60.0 Å². The van der Waals surface area contributed by atoms with Gasteiger partial charge in [0, 0.05) is 29.3 Å². The molecule has 4 rings (SSSR count). The van der Waals surface area contributed by atoms with E-state index in [9.17, 15) is 4.79 Å². The summed E-state index contributed by atoms with van der Waals surface area (Å²) >= 11 is 3.59. The third-order valence-corrected chi connectivity index (χ3v) is 5.81. The molecule has 1 saturated heterocycles. The maximum Gasteiger partial charge on any atom is 0.241 e. The molecule has 1 fully saturated rings. The standard InChI is InChI=1S/C21H23BrN2O4/c1-14(21(25)23-15-6-7-18-19(12-15)28-11-10-27-18)24-8-9-26-20(13-24)16-4-2-3-5-17(16)22/h2-7,12,14,20H,8-11,13H2,1H3,(H,23,25). The first-order valence-electron chi connectivity index (χ1n) is 9.42. The van der Waals surface area contributed by atoms with E-state index >= 15 is 0 Å². The van der Waals surface area contributed by atoms with Gasteiger partial charge in [-0.3, -0.25) is 9.69 Å². The fourth-order valence-electron chi connectivity index (χ4n) is 3.48. The summed E-state index contributed by atoms with van der Waals surface area (Å²) in [5.41, 5.74) is 1.81. The quantitative estimate of drug-likeness (QED) is 0.776. The first kappa shape index (κ1) is 19.2. The van der Waals surface area contributed by atoms with Crippen LogP contribution >= 0.6 is 15.9 Å². The van der Waals surface area contributed by atoms with Crippen molar-refractivity contribution in [2.24, 2.45) is 0 Å². The number of fused-ring (bicyclic) bond motifs is 1. The van der Waals surface area contributed by atoms with E-state index in [1.807, 2.05) is 43.3 Å². The van der Waals surface area contributed by atoms with Crippen molar-refractivity contribution in [3.05, 3.63) is 52.5 Å². The normalized spacial score (nSPS) is 20.4. The van der Waals surface area contributed by atoms with Gasteiger partial charge in [-0.15, -0.1) is 0 Å². The van der Waals surface area contributed by atoms with Crippen molar-refractivity contribution in [1.82, 2.24) is 4.90 Å². The van der Waals surface area contributed by atoms with Crippen LogP contribution in [-0.2, 0) is 9.53 Å². The van der Waals surface area contributed by atoms with E-state index in [0.717, 1.165) is 16.6 Å². The number of benzene rings is 2. The molecule has 0 aromatic heterocycles. The van der Waals surface area contributed by atoms with Crippen molar-refractivity contribution in [1.29, 1.82) is 0 Å². The van der Waals surface area contributed by atoms with Gasteiger partial charge in [0.1, 0.15) is 13.2 Å². The van der Waals surface area contributed by atoms with Crippen LogP contribution in [0, 0.1) is 0 Å². The Bertz CT molecular complexity index is 860. The van der Waals surface area contributed by atoms with Crippen LogP contribution in [0.1, 0.15) is 18.6 Å². The zero-order valence-electron chi connectivity index (χ0n) is 15.7. The molecule has 2 heterocycles. The van der Waals surface area contributed by atoms with Gasteiger partial charge in [-0.1, -0.05) is 34.1 Å². The van der Waals surface area contributed by atoms with Crippen LogP contribution in [0.4, 0.5) is 5.69 Å². The molecule has 1 amide bonds. The van der Waals surface area contributed by atoms with Gasteiger partial charge in [0.15, 0.2) is 11.5 Å². The SMILES string of the molecule is CC(C(=O)Nc1ccc2c(c1)OCCO2)N1CCOC(c2ccccc2Br)C1. The number of anilines is 1. The van der Waals surface area contributed by atoms with Crippen LogP contribution in [-0.4, -0.2) is 49.8 Å². The van der Waals surface area contributed by atoms with Crippen molar-refractivity contribution in [3.8, 4) is 11.5 Å². The molecular weight excluding hydrogens is 424 g/mol. The molecule has 6 nitrogen and oxygen atoms in total. The number of carbonyl (C=O) groups excluding carboxylic acids is 1. The molecule has 0 radical (unpaired) electrons. The van der Waals surface area contributed by atoms with Crippen LogP contribution in [0.15, 0.2) is 46.9 Å². The van der Waals surface area contributed by atoms with E-state index in [-0.39, 0.29) is 18.1 Å². The Morgan fingerprint density at radius 1 is 1.14 bits per heavy atom.